The van der Waals surface area contributed by atoms with Crippen LogP contribution in [0.1, 0.15) is 27.0 Å². The van der Waals surface area contributed by atoms with Crippen molar-refractivity contribution in [3.05, 3.63) is 64.7 Å². The van der Waals surface area contributed by atoms with Crippen LogP contribution >= 0.6 is 0 Å². The normalized spacial score (nSPS) is 10.1. The topological polar surface area (TPSA) is 55.4 Å². The summed E-state index contributed by atoms with van der Waals surface area (Å²) in [5, 5.41) is 2.75. The molecule has 4 heteroatoms. The van der Waals surface area contributed by atoms with Gasteiger partial charge in [0.2, 0.25) is 0 Å². The molecule has 0 heterocycles. The third-order valence-corrected chi connectivity index (χ3v) is 3.29. The van der Waals surface area contributed by atoms with Crippen molar-refractivity contribution in [1.82, 2.24) is 0 Å². The minimum Gasteiger partial charge on any atom is -0.452 e. The molecular weight excluding hydrogens is 278 g/mol. The predicted octanol–water partition coefficient (Wildman–Crippen LogP) is 3.41. The summed E-state index contributed by atoms with van der Waals surface area (Å²) >= 11 is 0. The van der Waals surface area contributed by atoms with Crippen molar-refractivity contribution in [2.75, 3.05) is 11.9 Å². The molecule has 1 N–H and O–H groups in total. The summed E-state index contributed by atoms with van der Waals surface area (Å²) in [5.74, 6) is -0.856. The van der Waals surface area contributed by atoms with E-state index in [1.165, 1.54) is 0 Å². The van der Waals surface area contributed by atoms with Crippen LogP contribution in [0.15, 0.2) is 42.5 Å². The molecule has 0 aromatic heterocycles. The molecule has 0 aliphatic heterocycles. The fourth-order valence-corrected chi connectivity index (χ4v) is 1.96. The molecule has 0 atom stereocenters. The first-order chi connectivity index (χ1) is 10.5. The van der Waals surface area contributed by atoms with Crippen LogP contribution in [0.4, 0.5) is 5.69 Å². The van der Waals surface area contributed by atoms with Gasteiger partial charge in [-0.05, 0) is 50.1 Å². The number of aryl methyl sites for hydroxylation is 3. The van der Waals surface area contributed by atoms with Gasteiger partial charge in [-0.15, -0.1) is 0 Å². The molecule has 1 amide bonds. The van der Waals surface area contributed by atoms with Crippen LogP contribution in [0.25, 0.3) is 0 Å². The van der Waals surface area contributed by atoms with Crippen LogP contribution in [0.5, 0.6) is 0 Å². The van der Waals surface area contributed by atoms with Crippen molar-refractivity contribution in [2.24, 2.45) is 0 Å². The first kappa shape index (κ1) is 15.8. The van der Waals surface area contributed by atoms with Gasteiger partial charge in [-0.1, -0.05) is 29.8 Å². The van der Waals surface area contributed by atoms with E-state index in [1.807, 2.05) is 51.1 Å². The molecule has 2 rings (SSSR count). The third-order valence-electron chi connectivity index (χ3n) is 3.29. The van der Waals surface area contributed by atoms with Crippen molar-refractivity contribution in [3.63, 3.8) is 0 Å². The third kappa shape index (κ3) is 4.19. The number of amides is 1. The summed E-state index contributed by atoms with van der Waals surface area (Å²) in [6.45, 7) is 5.49. The SMILES string of the molecule is Cc1ccc(C(=O)OCC(=O)Nc2cc(C)ccc2C)cc1. The maximum absolute atomic E-state index is 11.9. The lowest BCUT2D eigenvalue weighted by atomic mass is 10.1. The Kier molecular flexibility index (Phi) is 4.94. The number of anilines is 1. The van der Waals surface area contributed by atoms with Gasteiger partial charge in [-0.25, -0.2) is 4.79 Å². The zero-order chi connectivity index (χ0) is 16.1. The van der Waals surface area contributed by atoms with Crippen LogP contribution < -0.4 is 5.32 Å². The van der Waals surface area contributed by atoms with Crippen molar-refractivity contribution in [1.29, 1.82) is 0 Å². The highest BCUT2D eigenvalue weighted by atomic mass is 16.5. The van der Waals surface area contributed by atoms with E-state index in [0.717, 1.165) is 22.4 Å². The van der Waals surface area contributed by atoms with E-state index in [4.69, 9.17) is 4.74 Å². The smallest absolute Gasteiger partial charge is 0.338 e. The van der Waals surface area contributed by atoms with E-state index in [0.29, 0.717) is 5.56 Å². The number of rotatable bonds is 4. The average molecular weight is 297 g/mol. The lowest BCUT2D eigenvalue weighted by Crippen LogP contribution is -2.21. The number of benzene rings is 2. The van der Waals surface area contributed by atoms with Gasteiger partial charge in [-0.3, -0.25) is 4.79 Å². The lowest BCUT2D eigenvalue weighted by molar-refractivity contribution is -0.119. The molecule has 114 valence electrons. The molecule has 0 radical (unpaired) electrons. The second-order valence-corrected chi connectivity index (χ2v) is 5.31. The molecule has 0 saturated carbocycles. The molecule has 0 bridgehead atoms. The van der Waals surface area contributed by atoms with Gasteiger partial charge < -0.3 is 10.1 Å². The quantitative estimate of drug-likeness (QED) is 0.880. The van der Waals surface area contributed by atoms with Crippen LogP contribution in [-0.4, -0.2) is 18.5 Å². The molecule has 22 heavy (non-hydrogen) atoms. The molecule has 0 spiro atoms. The standard InChI is InChI=1S/C18H19NO3/c1-12-5-8-15(9-6-12)18(21)22-11-17(20)19-16-10-13(2)4-7-14(16)3/h4-10H,11H2,1-3H3,(H,19,20). The molecule has 0 aliphatic carbocycles. The number of hydrogen-bond donors (Lipinski definition) is 1. The summed E-state index contributed by atoms with van der Waals surface area (Å²) in [7, 11) is 0. The highest BCUT2D eigenvalue weighted by Crippen LogP contribution is 2.16. The number of carbonyl (C=O) groups is 2. The van der Waals surface area contributed by atoms with Gasteiger partial charge >= 0.3 is 5.97 Å². The molecule has 0 saturated heterocycles. The summed E-state index contributed by atoms with van der Waals surface area (Å²) in [6.07, 6.45) is 0. The first-order valence-corrected chi connectivity index (χ1v) is 7.06. The van der Waals surface area contributed by atoms with E-state index in [2.05, 4.69) is 5.32 Å². The maximum Gasteiger partial charge on any atom is 0.338 e. The minimum absolute atomic E-state index is 0.305. The largest absolute Gasteiger partial charge is 0.452 e. The second-order valence-electron chi connectivity index (χ2n) is 5.31. The van der Waals surface area contributed by atoms with Crippen molar-refractivity contribution in [2.45, 2.75) is 20.8 Å². The molecule has 0 unspecified atom stereocenters. The van der Waals surface area contributed by atoms with E-state index in [1.54, 1.807) is 12.1 Å². The van der Waals surface area contributed by atoms with Gasteiger partial charge in [-0.2, -0.15) is 0 Å². The second kappa shape index (κ2) is 6.89. The number of hydrogen-bond acceptors (Lipinski definition) is 3. The predicted molar refractivity (Wildman–Crippen MR) is 86.0 cm³/mol. The van der Waals surface area contributed by atoms with Crippen molar-refractivity contribution >= 4 is 17.6 Å². The monoisotopic (exact) mass is 297 g/mol. The molecule has 2 aromatic rings. The Hall–Kier alpha value is -2.62. The van der Waals surface area contributed by atoms with E-state index in [-0.39, 0.29) is 12.5 Å². The van der Waals surface area contributed by atoms with E-state index < -0.39 is 5.97 Å². The number of esters is 1. The zero-order valence-electron chi connectivity index (χ0n) is 13.0. The molecule has 0 aliphatic rings. The summed E-state index contributed by atoms with van der Waals surface area (Å²) in [4.78, 5) is 23.7. The first-order valence-electron chi connectivity index (χ1n) is 7.06. The molecule has 0 fully saturated rings. The van der Waals surface area contributed by atoms with Crippen LogP contribution in [0, 0.1) is 20.8 Å². The number of carbonyl (C=O) groups excluding carboxylic acids is 2. The fraction of sp³-hybridized carbons (Fsp3) is 0.222. The van der Waals surface area contributed by atoms with Crippen molar-refractivity contribution in [3.8, 4) is 0 Å². The summed E-state index contributed by atoms with van der Waals surface area (Å²) in [6, 6.07) is 12.8. The van der Waals surface area contributed by atoms with Gasteiger partial charge in [0.25, 0.3) is 5.91 Å². The van der Waals surface area contributed by atoms with Crippen LogP contribution in [-0.2, 0) is 9.53 Å². The maximum atomic E-state index is 11.9. The Bertz CT molecular complexity index is 690. The van der Waals surface area contributed by atoms with Gasteiger partial charge in [0.1, 0.15) is 0 Å². The van der Waals surface area contributed by atoms with Gasteiger partial charge in [0.15, 0.2) is 6.61 Å². The Balaban J connectivity index is 1.91. The van der Waals surface area contributed by atoms with Gasteiger partial charge in [0, 0.05) is 5.69 Å². The summed E-state index contributed by atoms with van der Waals surface area (Å²) in [5.41, 5.74) is 4.24. The fourth-order valence-electron chi connectivity index (χ4n) is 1.96. The van der Waals surface area contributed by atoms with Crippen LogP contribution in [0.3, 0.4) is 0 Å². The Morgan fingerprint density at radius 1 is 0.955 bits per heavy atom. The Labute approximate surface area is 130 Å². The van der Waals surface area contributed by atoms with Crippen LogP contribution in [0.2, 0.25) is 0 Å². The zero-order valence-corrected chi connectivity index (χ0v) is 13.0. The molecular formula is C18H19NO3. The Morgan fingerprint density at radius 3 is 2.27 bits per heavy atom. The van der Waals surface area contributed by atoms with Gasteiger partial charge in [0.05, 0.1) is 5.56 Å². The number of ether oxygens (including phenoxy) is 1. The Morgan fingerprint density at radius 2 is 1.59 bits per heavy atom. The van der Waals surface area contributed by atoms with E-state index >= 15 is 0 Å². The van der Waals surface area contributed by atoms with Crippen molar-refractivity contribution < 1.29 is 14.3 Å². The highest BCUT2D eigenvalue weighted by molar-refractivity contribution is 5.95. The van der Waals surface area contributed by atoms with E-state index in [9.17, 15) is 9.59 Å². The lowest BCUT2D eigenvalue weighted by Gasteiger charge is -2.10. The molecule has 4 nitrogen and oxygen atoms in total. The molecule has 2 aromatic carbocycles. The minimum atomic E-state index is -0.504. The number of nitrogens with one attached hydrogen (secondary N) is 1. The highest BCUT2D eigenvalue weighted by Gasteiger charge is 2.11. The average Bonchev–Trinajstić information content (AvgIpc) is 2.49. The summed E-state index contributed by atoms with van der Waals surface area (Å²) < 4.78 is 5.02.